The van der Waals surface area contributed by atoms with Gasteiger partial charge < -0.3 is 23.7 Å². The summed E-state index contributed by atoms with van der Waals surface area (Å²) in [6.45, 7) is 3.96. The Morgan fingerprint density at radius 2 is 1.73 bits per heavy atom. The number of esters is 1. The normalized spacial score (nSPS) is 10.0. The highest BCUT2D eigenvalue weighted by Crippen LogP contribution is 2.43. The van der Waals surface area contributed by atoms with Crippen molar-refractivity contribution < 1.29 is 28.5 Å². The molecular weight excluding hydrogens is 360 g/mol. The van der Waals surface area contributed by atoms with Crippen molar-refractivity contribution in [2.75, 3.05) is 27.9 Å². The average Bonchev–Trinajstić information content (AvgIpc) is 2.67. The summed E-state index contributed by atoms with van der Waals surface area (Å²) in [5.74, 6) is 1.32. The molecule has 0 aliphatic rings. The van der Waals surface area contributed by atoms with E-state index >= 15 is 0 Å². The van der Waals surface area contributed by atoms with Crippen LogP contribution in [0.3, 0.4) is 0 Å². The van der Waals surface area contributed by atoms with Crippen molar-refractivity contribution in [2.24, 2.45) is 0 Å². The number of carbonyl (C=O) groups excluding carboxylic acids is 1. The topological polar surface area (TPSA) is 63.2 Å². The maximum Gasteiger partial charge on any atom is 0.338 e. The van der Waals surface area contributed by atoms with Crippen LogP contribution in [-0.4, -0.2) is 33.9 Å². The van der Waals surface area contributed by atoms with Crippen LogP contribution in [0, 0.1) is 0 Å². The molecule has 0 saturated heterocycles. The Bertz CT molecular complexity index is 778. The van der Waals surface area contributed by atoms with Crippen LogP contribution in [0.5, 0.6) is 28.7 Å². The highest BCUT2D eigenvalue weighted by Gasteiger charge is 2.19. The first-order valence-corrected chi connectivity index (χ1v) is 7.97. The van der Waals surface area contributed by atoms with E-state index in [9.17, 15) is 4.79 Å². The van der Waals surface area contributed by atoms with Crippen molar-refractivity contribution in [3.8, 4) is 28.7 Å². The van der Waals surface area contributed by atoms with Gasteiger partial charge in [0.15, 0.2) is 11.5 Å². The van der Waals surface area contributed by atoms with Crippen molar-refractivity contribution in [3.05, 3.63) is 53.6 Å². The van der Waals surface area contributed by atoms with Gasteiger partial charge in [-0.3, -0.25) is 0 Å². The molecule has 0 fully saturated rings. The summed E-state index contributed by atoms with van der Waals surface area (Å²) >= 11 is 6.27. The monoisotopic (exact) mass is 378 g/mol. The highest BCUT2D eigenvalue weighted by atomic mass is 35.5. The molecule has 0 amide bonds. The van der Waals surface area contributed by atoms with Crippen molar-refractivity contribution in [3.63, 3.8) is 0 Å². The Morgan fingerprint density at radius 3 is 2.23 bits per heavy atom. The number of halogens is 1. The molecule has 0 N–H and O–H groups in total. The standard InChI is InChI=1S/C19H19ClO6/c1-5-8-25-13-6-7-15(14(20)11-13)26-18-16(22-2)9-12(19(21)24-4)10-17(18)23-3/h5-7,9-11H,1,8H2,2-4H3. The molecule has 7 heteroatoms. The molecule has 0 saturated carbocycles. The number of hydrogen-bond acceptors (Lipinski definition) is 6. The third kappa shape index (κ3) is 4.40. The Balaban J connectivity index is 2.39. The van der Waals surface area contributed by atoms with E-state index in [1.54, 1.807) is 24.3 Å². The Hall–Kier alpha value is -2.86. The zero-order valence-electron chi connectivity index (χ0n) is 14.7. The summed E-state index contributed by atoms with van der Waals surface area (Å²) in [5.41, 5.74) is 0.271. The van der Waals surface area contributed by atoms with Crippen LogP contribution in [0.2, 0.25) is 5.02 Å². The van der Waals surface area contributed by atoms with E-state index in [0.29, 0.717) is 34.6 Å². The summed E-state index contributed by atoms with van der Waals surface area (Å²) in [6, 6.07) is 8.00. The molecule has 0 aliphatic heterocycles. The molecule has 0 atom stereocenters. The minimum absolute atomic E-state index is 0.271. The lowest BCUT2D eigenvalue weighted by Crippen LogP contribution is -2.04. The number of rotatable bonds is 8. The average molecular weight is 379 g/mol. The number of methoxy groups -OCH3 is 3. The minimum atomic E-state index is -0.519. The maximum absolute atomic E-state index is 11.8. The Morgan fingerprint density at radius 1 is 1.08 bits per heavy atom. The predicted octanol–water partition coefficient (Wildman–Crippen LogP) is 4.50. The molecule has 0 aliphatic carbocycles. The molecule has 2 rings (SSSR count). The predicted molar refractivity (Wildman–Crippen MR) is 98.1 cm³/mol. The fraction of sp³-hybridized carbons (Fsp3) is 0.211. The zero-order chi connectivity index (χ0) is 19.1. The van der Waals surface area contributed by atoms with E-state index < -0.39 is 5.97 Å². The van der Waals surface area contributed by atoms with E-state index in [4.69, 9.17) is 35.3 Å². The van der Waals surface area contributed by atoms with Gasteiger partial charge in [-0.25, -0.2) is 4.79 Å². The Labute approximate surface area is 156 Å². The Kier molecular flexibility index (Phi) is 6.74. The van der Waals surface area contributed by atoms with E-state index in [-0.39, 0.29) is 11.3 Å². The van der Waals surface area contributed by atoms with Gasteiger partial charge >= 0.3 is 5.97 Å². The third-order valence-electron chi connectivity index (χ3n) is 3.36. The fourth-order valence-corrected chi connectivity index (χ4v) is 2.34. The van der Waals surface area contributed by atoms with Gasteiger partial charge in [0, 0.05) is 6.07 Å². The number of hydrogen-bond donors (Lipinski definition) is 0. The molecule has 26 heavy (non-hydrogen) atoms. The maximum atomic E-state index is 11.8. The summed E-state index contributed by atoms with van der Waals surface area (Å²) in [6.07, 6.45) is 1.64. The fourth-order valence-electron chi connectivity index (χ4n) is 2.14. The quantitative estimate of drug-likeness (QED) is 0.497. The largest absolute Gasteiger partial charge is 0.493 e. The first-order chi connectivity index (χ1) is 12.5. The van der Waals surface area contributed by atoms with Gasteiger partial charge in [0.2, 0.25) is 5.75 Å². The van der Waals surface area contributed by atoms with Gasteiger partial charge in [0.1, 0.15) is 18.1 Å². The van der Waals surface area contributed by atoms with Crippen LogP contribution in [0.1, 0.15) is 10.4 Å². The SMILES string of the molecule is C=CCOc1ccc(Oc2c(OC)cc(C(=O)OC)cc2OC)c(Cl)c1. The molecule has 6 nitrogen and oxygen atoms in total. The van der Waals surface area contributed by atoms with Crippen molar-refractivity contribution in [2.45, 2.75) is 0 Å². The highest BCUT2D eigenvalue weighted by molar-refractivity contribution is 6.32. The first-order valence-electron chi connectivity index (χ1n) is 7.59. The summed E-state index contributed by atoms with van der Waals surface area (Å²) < 4.78 is 26.7. The van der Waals surface area contributed by atoms with E-state index in [1.165, 1.54) is 33.5 Å². The number of benzene rings is 2. The second kappa shape index (κ2) is 9.01. The second-order valence-electron chi connectivity index (χ2n) is 5.00. The molecule has 2 aromatic carbocycles. The lowest BCUT2D eigenvalue weighted by atomic mass is 10.2. The second-order valence-corrected chi connectivity index (χ2v) is 5.40. The summed E-state index contributed by atoms with van der Waals surface area (Å²) in [4.78, 5) is 11.8. The summed E-state index contributed by atoms with van der Waals surface area (Å²) in [7, 11) is 4.20. The van der Waals surface area contributed by atoms with Gasteiger partial charge in [-0.2, -0.15) is 0 Å². The van der Waals surface area contributed by atoms with Crippen LogP contribution in [0.4, 0.5) is 0 Å². The lowest BCUT2D eigenvalue weighted by molar-refractivity contribution is 0.0600. The number of ether oxygens (including phenoxy) is 5. The minimum Gasteiger partial charge on any atom is -0.493 e. The van der Waals surface area contributed by atoms with Crippen molar-refractivity contribution >= 4 is 17.6 Å². The molecule has 0 radical (unpaired) electrons. The van der Waals surface area contributed by atoms with Crippen LogP contribution in [-0.2, 0) is 4.74 Å². The number of carbonyl (C=O) groups is 1. The molecule has 2 aromatic rings. The van der Waals surface area contributed by atoms with Gasteiger partial charge in [-0.1, -0.05) is 24.3 Å². The molecule has 0 spiro atoms. The smallest absolute Gasteiger partial charge is 0.338 e. The van der Waals surface area contributed by atoms with Crippen molar-refractivity contribution in [1.82, 2.24) is 0 Å². The summed E-state index contributed by atoms with van der Waals surface area (Å²) in [5, 5.41) is 0.340. The zero-order valence-corrected chi connectivity index (χ0v) is 15.5. The first kappa shape index (κ1) is 19.5. The molecule has 0 bridgehead atoms. The molecule has 0 unspecified atom stereocenters. The van der Waals surface area contributed by atoms with Crippen LogP contribution >= 0.6 is 11.6 Å². The van der Waals surface area contributed by atoms with Crippen molar-refractivity contribution in [1.29, 1.82) is 0 Å². The molecule has 0 heterocycles. The molecule has 138 valence electrons. The van der Waals surface area contributed by atoms with Crippen LogP contribution in [0.25, 0.3) is 0 Å². The van der Waals surface area contributed by atoms with Gasteiger partial charge in [0.05, 0.1) is 31.9 Å². The molecular formula is C19H19ClO6. The van der Waals surface area contributed by atoms with Gasteiger partial charge in [-0.05, 0) is 24.3 Å². The van der Waals surface area contributed by atoms with E-state index in [0.717, 1.165) is 0 Å². The third-order valence-corrected chi connectivity index (χ3v) is 3.66. The van der Waals surface area contributed by atoms with Gasteiger partial charge in [-0.15, -0.1) is 0 Å². The lowest BCUT2D eigenvalue weighted by Gasteiger charge is -2.16. The molecule has 0 aromatic heterocycles. The van der Waals surface area contributed by atoms with E-state index in [1.807, 2.05) is 0 Å². The van der Waals surface area contributed by atoms with Gasteiger partial charge in [0.25, 0.3) is 0 Å². The van der Waals surface area contributed by atoms with Crippen LogP contribution < -0.4 is 18.9 Å². The van der Waals surface area contributed by atoms with E-state index in [2.05, 4.69) is 6.58 Å². The van der Waals surface area contributed by atoms with Crippen LogP contribution in [0.15, 0.2) is 43.0 Å².